The fourth-order valence-corrected chi connectivity index (χ4v) is 1.74. The van der Waals surface area contributed by atoms with Crippen molar-refractivity contribution in [3.63, 3.8) is 0 Å². The highest BCUT2D eigenvalue weighted by Gasteiger charge is 2.15. The van der Waals surface area contributed by atoms with Gasteiger partial charge in [-0.05, 0) is 18.4 Å². The molecule has 1 rings (SSSR count). The Labute approximate surface area is 84.9 Å². The van der Waals surface area contributed by atoms with Crippen molar-refractivity contribution in [3.05, 3.63) is 22.7 Å². The molecule has 0 saturated heterocycles. The summed E-state index contributed by atoms with van der Waals surface area (Å²) in [5.41, 5.74) is 5.82. The summed E-state index contributed by atoms with van der Waals surface area (Å²) in [6.45, 7) is 0. The Morgan fingerprint density at radius 2 is 2.23 bits per heavy atom. The lowest BCUT2D eigenvalue weighted by Gasteiger charge is -2.07. The number of anilines is 1. The van der Waals surface area contributed by atoms with Gasteiger partial charge in [0.1, 0.15) is 5.56 Å². The van der Waals surface area contributed by atoms with Crippen LogP contribution < -0.4 is 5.73 Å². The van der Waals surface area contributed by atoms with E-state index >= 15 is 0 Å². The Morgan fingerprint density at radius 3 is 2.69 bits per heavy atom. The first-order valence-electron chi connectivity index (χ1n) is 3.43. The van der Waals surface area contributed by atoms with Crippen molar-refractivity contribution in [1.82, 2.24) is 0 Å². The van der Waals surface area contributed by atoms with Crippen molar-refractivity contribution in [3.8, 4) is 0 Å². The fourth-order valence-electron chi connectivity index (χ4n) is 0.969. The van der Waals surface area contributed by atoms with Gasteiger partial charge in [0.2, 0.25) is 0 Å². The van der Waals surface area contributed by atoms with E-state index in [1.807, 2.05) is 6.26 Å². The van der Waals surface area contributed by atoms with Crippen LogP contribution in [0, 0.1) is 0 Å². The average Bonchev–Trinajstić information content (AvgIpc) is 2.04. The van der Waals surface area contributed by atoms with Gasteiger partial charge in [0.15, 0.2) is 0 Å². The van der Waals surface area contributed by atoms with Crippen LogP contribution in [0.4, 0.5) is 5.69 Å². The van der Waals surface area contributed by atoms with E-state index in [0.29, 0.717) is 0 Å². The van der Waals surface area contributed by atoms with E-state index < -0.39 is 5.97 Å². The number of hydrogen-bond donors (Lipinski definition) is 2. The Bertz CT molecular complexity index is 354. The summed E-state index contributed by atoms with van der Waals surface area (Å²) in [4.78, 5) is 11.5. The Kier molecular flexibility index (Phi) is 3.06. The summed E-state index contributed by atoms with van der Waals surface area (Å²) >= 11 is 7.07. The van der Waals surface area contributed by atoms with Crippen LogP contribution >= 0.6 is 23.4 Å². The Morgan fingerprint density at radius 1 is 1.62 bits per heavy atom. The summed E-state index contributed by atoms with van der Waals surface area (Å²) in [6.07, 6.45) is 1.82. The van der Waals surface area contributed by atoms with Crippen molar-refractivity contribution in [1.29, 1.82) is 0 Å². The molecule has 1 aromatic carbocycles. The molecule has 0 aliphatic heterocycles. The standard InChI is InChI=1S/C8H8ClNO2S/c1-13-5-3-2-4(9)6(7(5)10)8(11)12/h2-3H,10H2,1H3,(H,11,12). The lowest BCUT2D eigenvalue weighted by Crippen LogP contribution is -2.04. The largest absolute Gasteiger partial charge is 0.478 e. The van der Waals surface area contributed by atoms with Crippen LogP contribution in [-0.2, 0) is 0 Å². The molecular formula is C8H8ClNO2S. The molecule has 0 unspecified atom stereocenters. The van der Waals surface area contributed by atoms with Gasteiger partial charge in [-0.3, -0.25) is 0 Å². The van der Waals surface area contributed by atoms with Gasteiger partial charge >= 0.3 is 5.97 Å². The number of carbonyl (C=O) groups is 1. The van der Waals surface area contributed by atoms with E-state index in [9.17, 15) is 4.79 Å². The molecular weight excluding hydrogens is 210 g/mol. The van der Waals surface area contributed by atoms with E-state index in [-0.39, 0.29) is 16.3 Å². The predicted octanol–water partition coefficient (Wildman–Crippen LogP) is 2.34. The van der Waals surface area contributed by atoms with Gasteiger partial charge in [-0.15, -0.1) is 11.8 Å². The summed E-state index contributed by atoms with van der Waals surface area (Å²) in [7, 11) is 0. The topological polar surface area (TPSA) is 63.3 Å². The van der Waals surface area contributed by atoms with Gasteiger partial charge in [-0.1, -0.05) is 11.6 Å². The van der Waals surface area contributed by atoms with Gasteiger partial charge < -0.3 is 10.8 Å². The Balaban J connectivity index is 3.38. The molecule has 0 spiro atoms. The second-order valence-corrected chi connectivity index (χ2v) is 3.60. The molecule has 3 nitrogen and oxygen atoms in total. The normalized spacial score (nSPS) is 10.0. The van der Waals surface area contributed by atoms with Crippen LogP contribution in [0.2, 0.25) is 5.02 Å². The first-order chi connectivity index (χ1) is 6.07. The number of benzene rings is 1. The molecule has 0 aliphatic carbocycles. The zero-order valence-electron chi connectivity index (χ0n) is 6.87. The van der Waals surface area contributed by atoms with Gasteiger partial charge in [0, 0.05) is 4.90 Å². The number of rotatable bonds is 2. The molecule has 0 amide bonds. The van der Waals surface area contributed by atoms with Crippen LogP contribution in [-0.4, -0.2) is 17.3 Å². The highest BCUT2D eigenvalue weighted by molar-refractivity contribution is 7.98. The Hall–Kier alpha value is -0.870. The molecule has 0 fully saturated rings. The smallest absolute Gasteiger partial charge is 0.339 e. The van der Waals surface area contributed by atoms with Crippen molar-refractivity contribution >= 4 is 35.0 Å². The molecule has 0 aromatic heterocycles. The lowest BCUT2D eigenvalue weighted by molar-refractivity contribution is 0.0698. The van der Waals surface area contributed by atoms with Crippen molar-refractivity contribution in [2.75, 3.05) is 12.0 Å². The number of aromatic carboxylic acids is 1. The molecule has 0 saturated carbocycles. The minimum atomic E-state index is -1.10. The van der Waals surface area contributed by atoms with Crippen LogP contribution in [0.5, 0.6) is 0 Å². The summed E-state index contributed by atoms with van der Waals surface area (Å²) in [6, 6.07) is 3.24. The molecule has 0 radical (unpaired) electrons. The molecule has 0 bridgehead atoms. The van der Waals surface area contributed by atoms with E-state index in [2.05, 4.69) is 0 Å². The van der Waals surface area contributed by atoms with Gasteiger partial charge in [-0.25, -0.2) is 4.79 Å². The molecule has 13 heavy (non-hydrogen) atoms. The molecule has 0 aliphatic rings. The second-order valence-electron chi connectivity index (χ2n) is 2.34. The maximum Gasteiger partial charge on any atom is 0.339 e. The van der Waals surface area contributed by atoms with E-state index in [4.69, 9.17) is 22.4 Å². The van der Waals surface area contributed by atoms with Gasteiger partial charge in [0.05, 0.1) is 10.7 Å². The zero-order chi connectivity index (χ0) is 10.0. The number of carboxylic acids is 1. The van der Waals surface area contributed by atoms with Crippen molar-refractivity contribution in [2.24, 2.45) is 0 Å². The number of halogens is 1. The number of nitrogens with two attached hydrogens (primary N) is 1. The van der Waals surface area contributed by atoms with Crippen molar-refractivity contribution in [2.45, 2.75) is 4.90 Å². The third-order valence-electron chi connectivity index (χ3n) is 1.59. The van der Waals surface area contributed by atoms with Gasteiger partial charge in [0.25, 0.3) is 0 Å². The van der Waals surface area contributed by atoms with Crippen LogP contribution in [0.3, 0.4) is 0 Å². The molecule has 1 aromatic rings. The SMILES string of the molecule is CSc1ccc(Cl)c(C(=O)O)c1N. The van der Waals surface area contributed by atoms with E-state index in [0.717, 1.165) is 4.90 Å². The first-order valence-corrected chi connectivity index (χ1v) is 5.03. The number of nitrogen functional groups attached to an aromatic ring is 1. The highest BCUT2D eigenvalue weighted by atomic mass is 35.5. The maximum atomic E-state index is 10.7. The van der Waals surface area contributed by atoms with E-state index in [1.54, 1.807) is 6.07 Å². The van der Waals surface area contributed by atoms with Crippen LogP contribution in [0.1, 0.15) is 10.4 Å². The molecule has 70 valence electrons. The third-order valence-corrected chi connectivity index (χ3v) is 2.70. The van der Waals surface area contributed by atoms with Crippen molar-refractivity contribution < 1.29 is 9.90 Å². The molecule has 3 N–H and O–H groups in total. The highest BCUT2D eigenvalue weighted by Crippen LogP contribution is 2.31. The quantitative estimate of drug-likeness (QED) is 0.590. The average molecular weight is 218 g/mol. The number of carboxylic acid groups (broad SMARTS) is 1. The van der Waals surface area contributed by atoms with Gasteiger partial charge in [-0.2, -0.15) is 0 Å². The molecule has 0 heterocycles. The first kappa shape index (κ1) is 10.2. The summed E-state index contributed by atoms with van der Waals surface area (Å²) in [5.74, 6) is -1.10. The zero-order valence-corrected chi connectivity index (χ0v) is 8.45. The molecule has 0 atom stereocenters. The number of thioether (sulfide) groups is 1. The number of hydrogen-bond acceptors (Lipinski definition) is 3. The molecule has 5 heteroatoms. The monoisotopic (exact) mass is 217 g/mol. The van der Waals surface area contributed by atoms with Crippen LogP contribution in [0.25, 0.3) is 0 Å². The summed E-state index contributed by atoms with van der Waals surface area (Å²) in [5, 5.41) is 8.96. The minimum absolute atomic E-state index is 0.0199. The summed E-state index contributed by atoms with van der Waals surface area (Å²) < 4.78 is 0. The fraction of sp³-hybridized carbons (Fsp3) is 0.125. The minimum Gasteiger partial charge on any atom is -0.478 e. The van der Waals surface area contributed by atoms with Crippen LogP contribution in [0.15, 0.2) is 17.0 Å². The predicted molar refractivity (Wildman–Crippen MR) is 54.6 cm³/mol. The third kappa shape index (κ3) is 1.89. The van der Waals surface area contributed by atoms with E-state index in [1.165, 1.54) is 17.8 Å². The lowest BCUT2D eigenvalue weighted by atomic mass is 10.2. The second kappa shape index (κ2) is 3.89. The maximum absolute atomic E-state index is 10.7.